The van der Waals surface area contributed by atoms with Gasteiger partial charge in [-0.05, 0) is 13.8 Å². The Bertz CT molecular complexity index is 254. The van der Waals surface area contributed by atoms with Crippen molar-refractivity contribution >= 4 is 7.82 Å². The molecule has 14 heavy (non-hydrogen) atoms. The Balaban J connectivity index is 4.10. The third kappa shape index (κ3) is 5.95. The molecule has 1 atom stereocenters. The number of rotatable bonds is 7. The first-order chi connectivity index (χ1) is 6.68. The van der Waals surface area contributed by atoms with Crippen molar-refractivity contribution in [3.05, 3.63) is 12.2 Å². The van der Waals surface area contributed by atoms with Gasteiger partial charge in [0.1, 0.15) is 6.61 Å². The minimum atomic E-state index is -3.46. The van der Waals surface area contributed by atoms with E-state index in [4.69, 9.17) is 20.0 Å². The van der Waals surface area contributed by atoms with E-state index in [2.05, 4.69) is 5.92 Å². The minimum Gasteiger partial charge on any atom is -0.287 e. The summed E-state index contributed by atoms with van der Waals surface area (Å²) in [6.07, 6.45) is 8.44. The van der Waals surface area contributed by atoms with Crippen LogP contribution in [-0.2, 0) is 18.1 Å². The van der Waals surface area contributed by atoms with Gasteiger partial charge in [0.2, 0.25) is 0 Å². The summed E-state index contributed by atoms with van der Waals surface area (Å²) in [5.74, 6) is 2.20. The van der Waals surface area contributed by atoms with Crippen LogP contribution in [0.5, 0.6) is 0 Å². The molecule has 0 aliphatic rings. The fourth-order valence-corrected chi connectivity index (χ4v) is 1.66. The van der Waals surface area contributed by atoms with Crippen molar-refractivity contribution in [2.45, 2.75) is 13.8 Å². The molecule has 0 saturated carbocycles. The van der Waals surface area contributed by atoms with Crippen LogP contribution in [0.3, 0.4) is 0 Å². The van der Waals surface area contributed by atoms with Crippen LogP contribution in [0.4, 0.5) is 0 Å². The van der Waals surface area contributed by atoms with E-state index in [1.165, 1.54) is 0 Å². The molecule has 0 heterocycles. The summed E-state index contributed by atoms with van der Waals surface area (Å²) >= 11 is 0. The quantitative estimate of drug-likeness (QED) is 0.374. The Morgan fingerprint density at radius 1 is 1.43 bits per heavy atom. The Morgan fingerprint density at radius 3 is 2.64 bits per heavy atom. The van der Waals surface area contributed by atoms with E-state index in [0.29, 0.717) is 0 Å². The molecule has 0 spiro atoms. The minimum absolute atomic E-state index is 0.0902. The summed E-state index contributed by atoms with van der Waals surface area (Å²) < 4.78 is 26.3. The maximum atomic E-state index is 11.7. The van der Waals surface area contributed by atoms with Gasteiger partial charge < -0.3 is 0 Å². The molecule has 0 fully saturated rings. The summed E-state index contributed by atoms with van der Waals surface area (Å²) in [6.45, 7) is 3.87. The fourth-order valence-electron chi connectivity index (χ4n) is 0.617. The molecule has 0 aromatic carbocycles. The second-order valence-corrected chi connectivity index (χ2v) is 3.88. The molecule has 0 aromatic rings. The van der Waals surface area contributed by atoms with Crippen LogP contribution in [0.1, 0.15) is 13.8 Å². The molecule has 5 heteroatoms. The van der Waals surface area contributed by atoms with Crippen LogP contribution in [0.15, 0.2) is 12.2 Å². The highest BCUT2D eigenvalue weighted by Gasteiger charge is 2.24. The van der Waals surface area contributed by atoms with Gasteiger partial charge in [0.25, 0.3) is 0 Å². The monoisotopic (exact) mass is 218 g/mol. The molecule has 0 aliphatic carbocycles. The maximum absolute atomic E-state index is 11.7. The van der Waals surface area contributed by atoms with Gasteiger partial charge in [-0.2, -0.15) is 0 Å². The normalized spacial score (nSPS) is 15.2. The van der Waals surface area contributed by atoms with E-state index in [1.54, 1.807) is 19.1 Å². The molecule has 0 rings (SSSR count). The zero-order valence-corrected chi connectivity index (χ0v) is 9.33. The standard InChI is InChI=1S/C9H15O4P/c1-4-7-9-13-14(10,11-6-3)12-8-5-2/h2,4,7H,6,8-9H2,1,3H3. The molecular formula is C9H15O4P. The molecule has 0 bridgehead atoms. The highest BCUT2D eigenvalue weighted by atomic mass is 31.2. The lowest BCUT2D eigenvalue weighted by atomic mass is 10.6. The zero-order valence-electron chi connectivity index (χ0n) is 8.43. The van der Waals surface area contributed by atoms with E-state index in [0.717, 1.165) is 0 Å². The van der Waals surface area contributed by atoms with E-state index in [9.17, 15) is 4.57 Å². The van der Waals surface area contributed by atoms with E-state index in [-0.39, 0.29) is 19.8 Å². The average molecular weight is 218 g/mol. The lowest BCUT2D eigenvalue weighted by Crippen LogP contribution is -2.00. The third-order valence-corrected chi connectivity index (χ3v) is 2.64. The number of terminal acetylenes is 1. The van der Waals surface area contributed by atoms with Gasteiger partial charge in [0.05, 0.1) is 13.2 Å². The number of hydrogen-bond acceptors (Lipinski definition) is 4. The molecule has 0 radical (unpaired) electrons. The fraction of sp³-hybridized carbons (Fsp3) is 0.556. The Kier molecular flexibility index (Phi) is 7.45. The van der Waals surface area contributed by atoms with E-state index < -0.39 is 7.82 Å². The topological polar surface area (TPSA) is 44.8 Å². The zero-order chi connectivity index (χ0) is 10.9. The van der Waals surface area contributed by atoms with Crippen molar-refractivity contribution in [2.75, 3.05) is 19.8 Å². The van der Waals surface area contributed by atoms with Crippen LogP contribution in [0.2, 0.25) is 0 Å². The molecule has 4 nitrogen and oxygen atoms in total. The van der Waals surface area contributed by atoms with Crippen LogP contribution >= 0.6 is 7.82 Å². The number of allylic oxidation sites excluding steroid dienone is 1. The number of hydrogen-bond donors (Lipinski definition) is 0. The van der Waals surface area contributed by atoms with Crippen molar-refractivity contribution < 1.29 is 18.1 Å². The summed E-state index contributed by atoms with van der Waals surface area (Å²) in [4.78, 5) is 0. The predicted octanol–water partition coefficient (Wildman–Crippen LogP) is 2.37. The van der Waals surface area contributed by atoms with Gasteiger partial charge in [0, 0.05) is 0 Å². The van der Waals surface area contributed by atoms with Gasteiger partial charge in [0.15, 0.2) is 0 Å². The van der Waals surface area contributed by atoms with Crippen molar-refractivity contribution in [1.82, 2.24) is 0 Å². The van der Waals surface area contributed by atoms with Crippen LogP contribution in [0, 0.1) is 12.3 Å². The Labute approximate surface area is 84.9 Å². The Hall–Kier alpha value is -0.590. The van der Waals surface area contributed by atoms with Crippen LogP contribution in [-0.4, -0.2) is 19.8 Å². The molecule has 0 N–H and O–H groups in total. The highest BCUT2D eigenvalue weighted by molar-refractivity contribution is 7.48. The summed E-state index contributed by atoms with van der Waals surface area (Å²) in [7, 11) is -3.46. The van der Waals surface area contributed by atoms with Gasteiger partial charge in [-0.1, -0.05) is 18.1 Å². The van der Waals surface area contributed by atoms with Gasteiger partial charge >= 0.3 is 7.82 Å². The van der Waals surface area contributed by atoms with E-state index >= 15 is 0 Å². The summed E-state index contributed by atoms with van der Waals surface area (Å²) in [5, 5.41) is 0. The lowest BCUT2D eigenvalue weighted by Gasteiger charge is -2.14. The van der Waals surface area contributed by atoms with Crippen LogP contribution in [0.25, 0.3) is 0 Å². The number of phosphoric ester groups is 1. The Morgan fingerprint density at radius 2 is 2.14 bits per heavy atom. The number of phosphoric acid groups is 1. The van der Waals surface area contributed by atoms with Crippen molar-refractivity contribution in [1.29, 1.82) is 0 Å². The lowest BCUT2D eigenvalue weighted by molar-refractivity contribution is 0.137. The average Bonchev–Trinajstić information content (AvgIpc) is 2.16. The van der Waals surface area contributed by atoms with Crippen molar-refractivity contribution in [3.8, 4) is 12.3 Å². The highest BCUT2D eigenvalue weighted by Crippen LogP contribution is 2.48. The molecular weight excluding hydrogens is 203 g/mol. The van der Waals surface area contributed by atoms with Gasteiger partial charge in [-0.3, -0.25) is 13.6 Å². The second kappa shape index (κ2) is 7.78. The molecule has 0 aromatic heterocycles. The van der Waals surface area contributed by atoms with E-state index in [1.807, 2.05) is 6.92 Å². The molecule has 80 valence electrons. The van der Waals surface area contributed by atoms with Crippen molar-refractivity contribution in [2.24, 2.45) is 0 Å². The molecule has 0 amide bonds. The van der Waals surface area contributed by atoms with Crippen molar-refractivity contribution in [3.63, 3.8) is 0 Å². The maximum Gasteiger partial charge on any atom is 0.476 e. The van der Waals surface area contributed by atoms with Crippen LogP contribution < -0.4 is 0 Å². The SMILES string of the molecule is C#CCOP(=O)(OCC)OCC=CC. The first-order valence-electron chi connectivity index (χ1n) is 4.26. The predicted molar refractivity (Wildman–Crippen MR) is 54.8 cm³/mol. The largest absolute Gasteiger partial charge is 0.476 e. The molecule has 0 saturated heterocycles. The summed E-state index contributed by atoms with van der Waals surface area (Å²) in [5.41, 5.74) is 0. The third-order valence-electron chi connectivity index (χ3n) is 1.16. The molecule has 0 aliphatic heterocycles. The first-order valence-corrected chi connectivity index (χ1v) is 5.73. The smallest absolute Gasteiger partial charge is 0.287 e. The van der Waals surface area contributed by atoms with Gasteiger partial charge in [-0.25, -0.2) is 4.57 Å². The summed E-state index contributed by atoms with van der Waals surface area (Å²) in [6, 6.07) is 0. The second-order valence-electron chi connectivity index (χ2n) is 2.21. The first kappa shape index (κ1) is 13.4. The van der Waals surface area contributed by atoms with Gasteiger partial charge in [-0.15, -0.1) is 6.42 Å². The molecule has 1 unspecified atom stereocenters.